The van der Waals surface area contributed by atoms with Crippen LogP contribution in [0.3, 0.4) is 0 Å². The summed E-state index contributed by atoms with van der Waals surface area (Å²) >= 11 is 0. The highest BCUT2D eigenvalue weighted by Crippen LogP contribution is 2.10. The number of methoxy groups -OCH3 is 1. The van der Waals surface area contributed by atoms with Crippen molar-refractivity contribution < 1.29 is 9.53 Å². The fourth-order valence-electron chi connectivity index (χ4n) is 1.48. The Balaban J connectivity index is 2.42. The van der Waals surface area contributed by atoms with Crippen molar-refractivity contribution in [3.8, 4) is 6.07 Å². The van der Waals surface area contributed by atoms with Crippen molar-refractivity contribution >= 4 is 5.97 Å². The maximum absolute atomic E-state index is 10.9. The fraction of sp³-hybridized carbons (Fsp3) is 0.385. The van der Waals surface area contributed by atoms with Crippen LogP contribution < -0.4 is 5.32 Å². The minimum absolute atomic E-state index is 0.214. The highest BCUT2D eigenvalue weighted by atomic mass is 16.5. The van der Waals surface area contributed by atoms with Crippen LogP contribution in [0.1, 0.15) is 23.1 Å². The average molecular weight is 232 g/mol. The van der Waals surface area contributed by atoms with Crippen molar-refractivity contribution in [3.63, 3.8) is 0 Å². The number of esters is 1. The number of nitrogens with zero attached hydrogens (tertiary/aromatic N) is 1. The van der Waals surface area contributed by atoms with Gasteiger partial charge < -0.3 is 10.1 Å². The first-order valence-electron chi connectivity index (χ1n) is 5.44. The van der Waals surface area contributed by atoms with Crippen LogP contribution >= 0.6 is 0 Å². The van der Waals surface area contributed by atoms with E-state index in [1.165, 1.54) is 7.11 Å². The number of ether oxygens (including phenoxy) is 1. The van der Waals surface area contributed by atoms with Gasteiger partial charge >= 0.3 is 5.97 Å². The number of rotatable bonds is 5. The zero-order valence-corrected chi connectivity index (χ0v) is 10.1. The van der Waals surface area contributed by atoms with Gasteiger partial charge in [0.05, 0.1) is 25.2 Å². The second-order valence-corrected chi connectivity index (χ2v) is 3.76. The van der Waals surface area contributed by atoms with E-state index in [9.17, 15) is 4.79 Å². The molecule has 0 atom stereocenters. The van der Waals surface area contributed by atoms with Crippen LogP contribution in [0.2, 0.25) is 0 Å². The standard InChI is InChI=1S/C13H16N2O2/c1-10-7-11(8-14)3-4-12(10)9-15-6-5-13(16)17-2/h3-4,7,15H,5-6,9H2,1-2H3. The van der Waals surface area contributed by atoms with E-state index in [1.54, 1.807) is 6.07 Å². The van der Waals surface area contributed by atoms with E-state index in [1.807, 2.05) is 19.1 Å². The summed E-state index contributed by atoms with van der Waals surface area (Å²) in [5.74, 6) is -0.214. The predicted molar refractivity (Wildman–Crippen MR) is 64.2 cm³/mol. The van der Waals surface area contributed by atoms with Crippen LogP contribution in [-0.4, -0.2) is 19.6 Å². The van der Waals surface area contributed by atoms with Crippen LogP contribution in [-0.2, 0) is 16.1 Å². The van der Waals surface area contributed by atoms with Gasteiger partial charge in [-0.25, -0.2) is 0 Å². The summed E-state index contributed by atoms with van der Waals surface area (Å²) in [6.07, 6.45) is 0.367. The van der Waals surface area contributed by atoms with Gasteiger partial charge in [-0.3, -0.25) is 4.79 Å². The Hall–Kier alpha value is -1.86. The second-order valence-electron chi connectivity index (χ2n) is 3.76. The molecule has 0 amide bonds. The molecular formula is C13H16N2O2. The van der Waals surface area contributed by atoms with E-state index in [-0.39, 0.29) is 5.97 Å². The zero-order chi connectivity index (χ0) is 12.7. The summed E-state index contributed by atoms with van der Waals surface area (Å²) < 4.78 is 4.54. The predicted octanol–water partition coefficient (Wildman–Crippen LogP) is 1.52. The van der Waals surface area contributed by atoms with Crippen molar-refractivity contribution in [2.75, 3.05) is 13.7 Å². The van der Waals surface area contributed by atoms with E-state index < -0.39 is 0 Å². The molecule has 1 aromatic carbocycles. The largest absolute Gasteiger partial charge is 0.469 e. The molecule has 0 fully saturated rings. The van der Waals surface area contributed by atoms with Gasteiger partial charge in [0.2, 0.25) is 0 Å². The molecule has 0 spiro atoms. The third-order valence-electron chi connectivity index (χ3n) is 2.52. The lowest BCUT2D eigenvalue weighted by atomic mass is 10.1. The lowest BCUT2D eigenvalue weighted by molar-refractivity contribution is -0.140. The zero-order valence-electron chi connectivity index (χ0n) is 10.1. The first-order chi connectivity index (χ1) is 8.17. The number of nitriles is 1. The van der Waals surface area contributed by atoms with Gasteiger partial charge in [-0.15, -0.1) is 0 Å². The molecule has 0 aliphatic heterocycles. The Kier molecular flexibility index (Phi) is 5.18. The summed E-state index contributed by atoms with van der Waals surface area (Å²) in [5, 5.41) is 11.9. The molecule has 0 aliphatic rings. The molecule has 1 aromatic rings. The Morgan fingerprint density at radius 1 is 1.53 bits per heavy atom. The Labute approximate surface area is 101 Å². The number of hydrogen-bond donors (Lipinski definition) is 1. The molecule has 4 nitrogen and oxygen atoms in total. The normalized spacial score (nSPS) is 9.71. The van der Waals surface area contributed by atoms with Gasteiger partial charge in [-0.05, 0) is 30.2 Å². The number of benzene rings is 1. The van der Waals surface area contributed by atoms with Crippen LogP contribution in [0.5, 0.6) is 0 Å². The Morgan fingerprint density at radius 3 is 2.88 bits per heavy atom. The lowest BCUT2D eigenvalue weighted by Gasteiger charge is -2.07. The van der Waals surface area contributed by atoms with Gasteiger partial charge in [0.1, 0.15) is 0 Å². The van der Waals surface area contributed by atoms with Crippen molar-refractivity contribution in [1.82, 2.24) is 5.32 Å². The number of aryl methyl sites for hydroxylation is 1. The van der Waals surface area contributed by atoms with Crippen molar-refractivity contribution in [3.05, 3.63) is 34.9 Å². The SMILES string of the molecule is COC(=O)CCNCc1ccc(C#N)cc1C. The van der Waals surface area contributed by atoms with E-state index in [0.717, 1.165) is 11.1 Å². The third kappa shape index (κ3) is 4.25. The van der Waals surface area contributed by atoms with Gasteiger partial charge in [-0.2, -0.15) is 5.26 Å². The quantitative estimate of drug-likeness (QED) is 0.617. The first kappa shape index (κ1) is 13.2. The van der Waals surface area contributed by atoms with Gasteiger partial charge in [0.25, 0.3) is 0 Å². The van der Waals surface area contributed by atoms with Gasteiger partial charge in [0, 0.05) is 13.1 Å². The molecule has 90 valence electrons. The summed E-state index contributed by atoms with van der Waals surface area (Å²) in [5.41, 5.74) is 2.88. The van der Waals surface area contributed by atoms with E-state index in [0.29, 0.717) is 25.1 Å². The molecule has 0 aliphatic carbocycles. The Bertz CT molecular complexity index is 436. The monoisotopic (exact) mass is 232 g/mol. The molecule has 1 rings (SSSR count). The highest BCUT2D eigenvalue weighted by molar-refractivity contribution is 5.69. The molecule has 4 heteroatoms. The number of hydrogen-bond acceptors (Lipinski definition) is 4. The smallest absolute Gasteiger partial charge is 0.306 e. The molecule has 0 bridgehead atoms. The summed E-state index contributed by atoms with van der Waals surface area (Å²) in [7, 11) is 1.38. The lowest BCUT2D eigenvalue weighted by Crippen LogP contribution is -2.18. The maximum atomic E-state index is 10.9. The maximum Gasteiger partial charge on any atom is 0.306 e. The third-order valence-corrected chi connectivity index (χ3v) is 2.52. The molecule has 0 radical (unpaired) electrons. The number of carbonyl (C=O) groups is 1. The molecule has 0 saturated heterocycles. The first-order valence-corrected chi connectivity index (χ1v) is 5.44. The average Bonchev–Trinajstić information content (AvgIpc) is 2.35. The van der Waals surface area contributed by atoms with E-state index in [2.05, 4.69) is 16.1 Å². The van der Waals surface area contributed by atoms with E-state index >= 15 is 0 Å². The topological polar surface area (TPSA) is 62.1 Å². The molecule has 17 heavy (non-hydrogen) atoms. The molecule has 0 unspecified atom stereocenters. The van der Waals surface area contributed by atoms with Gasteiger partial charge in [0.15, 0.2) is 0 Å². The van der Waals surface area contributed by atoms with Crippen molar-refractivity contribution in [2.24, 2.45) is 0 Å². The fourth-order valence-corrected chi connectivity index (χ4v) is 1.48. The minimum atomic E-state index is -0.214. The molecule has 0 heterocycles. The molecule has 1 N–H and O–H groups in total. The number of nitrogens with one attached hydrogen (secondary N) is 1. The molecule has 0 saturated carbocycles. The van der Waals surface area contributed by atoms with Crippen LogP contribution in [0.25, 0.3) is 0 Å². The van der Waals surface area contributed by atoms with Crippen molar-refractivity contribution in [1.29, 1.82) is 5.26 Å². The van der Waals surface area contributed by atoms with Crippen LogP contribution in [0.15, 0.2) is 18.2 Å². The van der Waals surface area contributed by atoms with Gasteiger partial charge in [-0.1, -0.05) is 6.07 Å². The summed E-state index contributed by atoms with van der Waals surface area (Å²) in [6.45, 7) is 3.25. The molecular weight excluding hydrogens is 216 g/mol. The second kappa shape index (κ2) is 6.66. The molecule has 0 aromatic heterocycles. The minimum Gasteiger partial charge on any atom is -0.469 e. The summed E-state index contributed by atoms with van der Waals surface area (Å²) in [4.78, 5) is 10.9. The van der Waals surface area contributed by atoms with Crippen LogP contribution in [0.4, 0.5) is 0 Å². The van der Waals surface area contributed by atoms with E-state index in [4.69, 9.17) is 5.26 Å². The van der Waals surface area contributed by atoms with Crippen LogP contribution in [0, 0.1) is 18.3 Å². The summed E-state index contributed by atoms with van der Waals surface area (Å²) in [6, 6.07) is 7.69. The number of carbonyl (C=O) groups excluding carboxylic acids is 1. The highest BCUT2D eigenvalue weighted by Gasteiger charge is 2.01. The Morgan fingerprint density at radius 2 is 2.29 bits per heavy atom. The van der Waals surface area contributed by atoms with Crippen molar-refractivity contribution in [2.45, 2.75) is 19.9 Å².